The van der Waals surface area contributed by atoms with Crippen LogP contribution < -0.4 is 5.32 Å². The molecule has 0 spiro atoms. The van der Waals surface area contributed by atoms with Gasteiger partial charge in [0, 0.05) is 71.2 Å². The zero-order chi connectivity index (χ0) is 25.5. The molecular formula is C25H37N5O6. The topological polar surface area (TPSA) is 117 Å². The summed E-state index contributed by atoms with van der Waals surface area (Å²) in [6.07, 6.45) is 3.51. The molecule has 0 radical (unpaired) electrons. The quantitative estimate of drug-likeness (QED) is 0.392. The molecule has 3 saturated heterocycles. The van der Waals surface area contributed by atoms with E-state index in [9.17, 15) is 19.7 Å². The number of amides is 2. The van der Waals surface area contributed by atoms with Crippen LogP contribution in [0.15, 0.2) is 24.3 Å². The first kappa shape index (κ1) is 26.5. The molecule has 11 heteroatoms. The molecule has 1 aromatic carbocycles. The molecule has 0 aromatic heterocycles. The Labute approximate surface area is 211 Å². The normalized spacial score (nSPS) is 24.8. The lowest BCUT2D eigenvalue weighted by atomic mass is 10.1. The first-order chi connectivity index (χ1) is 17.5. The van der Waals surface area contributed by atoms with Gasteiger partial charge in [-0.2, -0.15) is 0 Å². The van der Waals surface area contributed by atoms with E-state index in [1.54, 1.807) is 17.0 Å². The molecular weight excluding hydrogens is 466 g/mol. The highest BCUT2D eigenvalue weighted by Gasteiger charge is 2.43. The number of nitrogens with one attached hydrogen (secondary N) is 1. The van der Waals surface area contributed by atoms with Crippen LogP contribution in [0.5, 0.6) is 0 Å². The Balaban J connectivity index is 1.54. The van der Waals surface area contributed by atoms with Gasteiger partial charge in [-0.1, -0.05) is 12.1 Å². The molecule has 2 amide bonds. The predicted molar refractivity (Wildman–Crippen MR) is 132 cm³/mol. The van der Waals surface area contributed by atoms with Gasteiger partial charge in [0.2, 0.25) is 11.8 Å². The molecule has 4 rings (SSSR count). The fraction of sp³-hybridized carbons (Fsp3) is 0.680. The van der Waals surface area contributed by atoms with Crippen LogP contribution in [-0.2, 0) is 25.6 Å². The first-order valence-corrected chi connectivity index (χ1v) is 12.8. The number of non-ortho nitro benzene ring substituents is 1. The average molecular weight is 504 g/mol. The van der Waals surface area contributed by atoms with E-state index in [1.807, 2.05) is 4.90 Å². The van der Waals surface area contributed by atoms with E-state index in [0.717, 1.165) is 44.5 Å². The highest BCUT2D eigenvalue weighted by molar-refractivity contribution is 5.89. The highest BCUT2D eigenvalue weighted by Crippen LogP contribution is 2.28. The fourth-order valence-electron chi connectivity index (χ4n) is 5.42. The molecule has 0 saturated carbocycles. The number of carbonyl (C=O) groups excluding carboxylic acids is 2. The van der Waals surface area contributed by atoms with Gasteiger partial charge in [-0.05, 0) is 37.8 Å². The van der Waals surface area contributed by atoms with E-state index < -0.39 is 11.0 Å². The molecule has 0 bridgehead atoms. The van der Waals surface area contributed by atoms with Gasteiger partial charge >= 0.3 is 0 Å². The van der Waals surface area contributed by atoms with Crippen LogP contribution in [0.3, 0.4) is 0 Å². The van der Waals surface area contributed by atoms with Crippen molar-refractivity contribution in [3.05, 3.63) is 39.9 Å². The second kappa shape index (κ2) is 12.6. The smallest absolute Gasteiger partial charge is 0.269 e. The van der Waals surface area contributed by atoms with Gasteiger partial charge in [-0.25, -0.2) is 0 Å². The van der Waals surface area contributed by atoms with Crippen LogP contribution in [0.25, 0.3) is 0 Å². The third-order valence-electron chi connectivity index (χ3n) is 7.32. The zero-order valence-electron chi connectivity index (χ0n) is 21.0. The lowest BCUT2D eigenvalue weighted by Gasteiger charge is -2.31. The average Bonchev–Trinajstić information content (AvgIpc) is 3.47. The van der Waals surface area contributed by atoms with Crippen LogP contribution in [0.4, 0.5) is 5.69 Å². The summed E-state index contributed by atoms with van der Waals surface area (Å²) in [5.74, 6) is -0.184. The highest BCUT2D eigenvalue weighted by atomic mass is 16.6. The molecule has 3 atom stereocenters. The van der Waals surface area contributed by atoms with Crippen LogP contribution in [0.1, 0.15) is 31.2 Å². The number of nitrogens with zero attached hydrogens (tertiary/aromatic N) is 4. The van der Waals surface area contributed by atoms with E-state index >= 15 is 0 Å². The maximum Gasteiger partial charge on any atom is 0.269 e. The van der Waals surface area contributed by atoms with Crippen LogP contribution in [0.2, 0.25) is 0 Å². The number of ether oxygens (including phenoxy) is 2. The van der Waals surface area contributed by atoms with Crippen LogP contribution in [0, 0.1) is 10.1 Å². The maximum atomic E-state index is 13.6. The van der Waals surface area contributed by atoms with Crippen molar-refractivity contribution in [1.29, 1.82) is 0 Å². The number of benzene rings is 1. The van der Waals surface area contributed by atoms with Crippen molar-refractivity contribution in [1.82, 2.24) is 20.0 Å². The fourth-order valence-corrected chi connectivity index (χ4v) is 5.42. The molecule has 3 aliphatic rings. The lowest BCUT2D eigenvalue weighted by molar-refractivity contribution is -0.384. The number of hydrogen-bond acceptors (Lipinski definition) is 8. The second-order valence-electron chi connectivity index (χ2n) is 9.80. The van der Waals surface area contributed by atoms with Gasteiger partial charge in [0.05, 0.1) is 11.0 Å². The monoisotopic (exact) mass is 503 g/mol. The van der Waals surface area contributed by atoms with Gasteiger partial charge in [-0.3, -0.25) is 24.6 Å². The van der Waals surface area contributed by atoms with E-state index in [0.29, 0.717) is 39.1 Å². The number of likely N-dealkylation sites (tertiary alicyclic amines) is 1. The molecule has 1 N–H and O–H groups in total. The molecule has 198 valence electrons. The Bertz CT molecular complexity index is 899. The molecule has 3 unspecified atom stereocenters. The van der Waals surface area contributed by atoms with Crippen molar-refractivity contribution in [3.63, 3.8) is 0 Å². The van der Waals surface area contributed by atoms with E-state index in [-0.39, 0.29) is 36.3 Å². The molecule has 36 heavy (non-hydrogen) atoms. The summed E-state index contributed by atoms with van der Waals surface area (Å²) in [5.41, 5.74) is 1.00. The molecule has 11 nitrogen and oxygen atoms in total. The Morgan fingerprint density at radius 2 is 2.03 bits per heavy atom. The molecule has 3 aliphatic heterocycles. The third-order valence-corrected chi connectivity index (χ3v) is 7.32. The molecule has 0 aliphatic carbocycles. The summed E-state index contributed by atoms with van der Waals surface area (Å²) in [6, 6.07) is 6.01. The van der Waals surface area contributed by atoms with Crippen molar-refractivity contribution >= 4 is 17.5 Å². The van der Waals surface area contributed by atoms with Crippen LogP contribution >= 0.6 is 0 Å². The summed E-state index contributed by atoms with van der Waals surface area (Å²) in [6.45, 7) is 5.30. The van der Waals surface area contributed by atoms with Gasteiger partial charge in [0.1, 0.15) is 12.6 Å². The lowest BCUT2D eigenvalue weighted by Crippen LogP contribution is -2.49. The SMILES string of the molecule is COCC(=O)N1CC(N(Cc2ccc([N+](=O)[O-])cc2)CC2CCCO2)CC1C(=O)N1CCCNCC1. The van der Waals surface area contributed by atoms with Crippen molar-refractivity contribution in [3.8, 4) is 0 Å². The molecule has 3 fully saturated rings. The van der Waals surface area contributed by atoms with Crippen molar-refractivity contribution in [2.75, 3.05) is 59.6 Å². The molecule has 1 aromatic rings. The van der Waals surface area contributed by atoms with Gasteiger partial charge in [0.25, 0.3) is 5.69 Å². The summed E-state index contributed by atoms with van der Waals surface area (Å²) >= 11 is 0. The number of rotatable bonds is 9. The molecule has 3 heterocycles. The zero-order valence-corrected chi connectivity index (χ0v) is 21.0. The number of hydrogen-bond donors (Lipinski definition) is 1. The van der Waals surface area contributed by atoms with E-state index in [1.165, 1.54) is 19.2 Å². The van der Waals surface area contributed by atoms with Crippen molar-refractivity contribution in [2.45, 2.75) is 50.4 Å². The number of nitro groups is 1. The maximum absolute atomic E-state index is 13.6. The minimum Gasteiger partial charge on any atom is -0.377 e. The Kier molecular flexibility index (Phi) is 9.24. The largest absolute Gasteiger partial charge is 0.377 e. The number of carbonyl (C=O) groups is 2. The number of methoxy groups -OCH3 is 1. The summed E-state index contributed by atoms with van der Waals surface area (Å²) in [7, 11) is 1.49. The summed E-state index contributed by atoms with van der Waals surface area (Å²) in [4.78, 5) is 43.1. The van der Waals surface area contributed by atoms with E-state index in [2.05, 4.69) is 10.2 Å². The minimum absolute atomic E-state index is 0.00180. The summed E-state index contributed by atoms with van der Waals surface area (Å²) < 4.78 is 11.0. The van der Waals surface area contributed by atoms with Crippen LogP contribution in [-0.4, -0.2) is 109 Å². The van der Waals surface area contributed by atoms with Crippen molar-refractivity contribution < 1.29 is 24.0 Å². The standard InChI is InChI=1S/C25H37N5O6/c1-35-18-24(31)29-16-21(14-23(29)25(32)27-11-3-9-26-10-12-27)28(17-22-4-2-13-36-22)15-19-5-7-20(8-6-19)30(33)34/h5-8,21-23,26H,2-4,9-18H2,1H3. The Hall–Kier alpha value is -2.60. The Morgan fingerprint density at radius 1 is 1.22 bits per heavy atom. The second-order valence-corrected chi connectivity index (χ2v) is 9.80. The Morgan fingerprint density at radius 3 is 2.72 bits per heavy atom. The van der Waals surface area contributed by atoms with Gasteiger partial charge in [0.15, 0.2) is 0 Å². The number of nitro benzene ring substituents is 1. The predicted octanol–water partition coefficient (Wildman–Crippen LogP) is 1.01. The van der Waals surface area contributed by atoms with Crippen molar-refractivity contribution in [2.24, 2.45) is 0 Å². The van der Waals surface area contributed by atoms with Gasteiger partial charge in [-0.15, -0.1) is 0 Å². The van der Waals surface area contributed by atoms with E-state index in [4.69, 9.17) is 9.47 Å². The van der Waals surface area contributed by atoms with Gasteiger partial charge < -0.3 is 24.6 Å². The third kappa shape index (κ3) is 6.58. The summed E-state index contributed by atoms with van der Waals surface area (Å²) in [5, 5.41) is 14.4. The minimum atomic E-state index is -0.528. The first-order valence-electron chi connectivity index (χ1n) is 12.8.